The molecule has 0 saturated carbocycles. The molecule has 0 aromatic rings. The van der Waals surface area contributed by atoms with Crippen LogP contribution in [-0.4, -0.2) is 16.6 Å². The number of hydrogen-bond acceptors (Lipinski definition) is 1. The summed E-state index contributed by atoms with van der Waals surface area (Å²) in [7, 11) is 0. The van der Waals surface area contributed by atoms with Gasteiger partial charge >= 0.3 is 0 Å². The third-order valence-electron chi connectivity index (χ3n) is 5.73. The van der Waals surface area contributed by atoms with Crippen molar-refractivity contribution in [3.63, 3.8) is 0 Å². The van der Waals surface area contributed by atoms with Crippen LogP contribution < -0.4 is 0 Å². The predicted octanol–water partition coefficient (Wildman–Crippen LogP) is 8.26. The van der Waals surface area contributed by atoms with Crippen molar-refractivity contribution in [3.8, 4) is 0 Å². The Kier molecular flexibility index (Phi) is 17.8. The van der Waals surface area contributed by atoms with E-state index < -0.39 is 0 Å². The van der Waals surface area contributed by atoms with Crippen LogP contribution in [0.25, 0.3) is 0 Å². The Labute approximate surface area is 164 Å². The molecular weight excluding hydrogens is 328 g/mol. The number of rotatable bonds is 19. The van der Waals surface area contributed by atoms with E-state index in [0.29, 0.717) is 5.92 Å². The third kappa shape index (κ3) is 15.0. The molecule has 152 valence electrons. The van der Waals surface area contributed by atoms with Crippen molar-refractivity contribution in [1.29, 1.82) is 0 Å². The van der Waals surface area contributed by atoms with Crippen LogP contribution in [0, 0.1) is 5.92 Å². The van der Waals surface area contributed by atoms with Crippen LogP contribution in [0.1, 0.15) is 130 Å². The Morgan fingerprint density at radius 2 is 1.00 bits per heavy atom. The molecule has 0 aromatic heterocycles. The molecule has 1 nitrogen and oxygen atoms in total. The van der Waals surface area contributed by atoms with Crippen LogP contribution in [0.3, 0.4) is 0 Å². The number of hydrogen-bond donors (Lipinski definition) is 1. The zero-order chi connectivity index (χ0) is 18.8. The second kappa shape index (κ2) is 17.7. The van der Waals surface area contributed by atoms with Gasteiger partial charge in [-0.3, -0.25) is 0 Å². The first kappa shape index (κ1) is 25.2. The number of aliphatic hydroxyl groups excluding tert-OH is 1. The fraction of sp³-hybridized carbons (Fsp3) is 1.00. The van der Waals surface area contributed by atoms with Crippen molar-refractivity contribution >= 4 is 11.6 Å². The summed E-state index contributed by atoms with van der Waals surface area (Å²) in [6, 6.07) is 0. The van der Waals surface area contributed by atoms with Gasteiger partial charge in [-0.05, 0) is 25.2 Å². The molecule has 0 aliphatic carbocycles. The quantitative estimate of drug-likeness (QED) is 0.178. The summed E-state index contributed by atoms with van der Waals surface area (Å²) >= 11 is 6.79. The normalized spacial score (nSPS) is 14.2. The van der Waals surface area contributed by atoms with E-state index >= 15 is 0 Å². The van der Waals surface area contributed by atoms with Crippen LogP contribution in [0.4, 0.5) is 0 Å². The minimum atomic E-state index is -0.0974. The van der Waals surface area contributed by atoms with Gasteiger partial charge in [-0.1, -0.05) is 111 Å². The number of halogens is 1. The number of alkyl halides is 1. The summed E-state index contributed by atoms with van der Waals surface area (Å²) in [6.07, 6.45) is 22.5. The molecule has 0 aliphatic heterocycles. The van der Waals surface area contributed by atoms with E-state index in [4.69, 9.17) is 16.7 Å². The van der Waals surface area contributed by atoms with Gasteiger partial charge in [0.25, 0.3) is 0 Å². The largest absolute Gasteiger partial charge is 0.396 e. The Hall–Kier alpha value is 0.250. The maximum absolute atomic E-state index is 9.05. The summed E-state index contributed by atoms with van der Waals surface area (Å²) in [4.78, 5) is -0.0974. The summed E-state index contributed by atoms with van der Waals surface area (Å²) in [5.74, 6) is 0.489. The lowest BCUT2D eigenvalue weighted by atomic mass is 9.85. The molecule has 0 bridgehead atoms. The van der Waals surface area contributed by atoms with Gasteiger partial charge in [0.2, 0.25) is 0 Å². The fourth-order valence-electron chi connectivity index (χ4n) is 3.69. The SMILES string of the molecule is CCCCCCCCCCCCCCCCC(Cl)(CCCO)C(C)C. The van der Waals surface area contributed by atoms with Gasteiger partial charge in [0.1, 0.15) is 0 Å². The molecule has 0 heterocycles. The molecule has 0 rings (SSSR count). The molecule has 0 aromatic carbocycles. The maximum Gasteiger partial charge on any atom is 0.0470 e. The number of unbranched alkanes of at least 4 members (excludes halogenated alkanes) is 13. The highest BCUT2D eigenvalue weighted by Gasteiger charge is 2.29. The Balaban J connectivity index is 3.40. The molecule has 0 fully saturated rings. The van der Waals surface area contributed by atoms with Gasteiger partial charge < -0.3 is 5.11 Å². The van der Waals surface area contributed by atoms with Crippen molar-refractivity contribution in [2.24, 2.45) is 5.92 Å². The number of aliphatic hydroxyl groups is 1. The Bertz CT molecular complexity index is 267. The highest BCUT2D eigenvalue weighted by atomic mass is 35.5. The maximum atomic E-state index is 9.05. The molecule has 2 heteroatoms. The van der Waals surface area contributed by atoms with Crippen LogP contribution >= 0.6 is 11.6 Å². The molecule has 25 heavy (non-hydrogen) atoms. The first-order valence-electron chi connectivity index (χ1n) is 11.4. The van der Waals surface area contributed by atoms with E-state index in [1.54, 1.807) is 0 Å². The van der Waals surface area contributed by atoms with E-state index in [-0.39, 0.29) is 11.5 Å². The summed E-state index contributed by atoms with van der Waals surface area (Å²) < 4.78 is 0. The third-order valence-corrected chi connectivity index (χ3v) is 6.55. The van der Waals surface area contributed by atoms with Crippen molar-refractivity contribution in [2.45, 2.75) is 135 Å². The van der Waals surface area contributed by atoms with E-state index in [0.717, 1.165) is 19.3 Å². The van der Waals surface area contributed by atoms with Crippen molar-refractivity contribution in [2.75, 3.05) is 6.61 Å². The zero-order valence-electron chi connectivity index (χ0n) is 17.6. The standard InChI is InChI=1S/C23H47ClO/c1-4-5-6-7-8-9-10-11-12-13-14-15-16-17-19-23(24,22(2)3)20-18-21-25/h22,25H,4-21H2,1-3H3. The van der Waals surface area contributed by atoms with Crippen LogP contribution in [-0.2, 0) is 0 Å². The first-order valence-corrected chi connectivity index (χ1v) is 11.7. The minimum absolute atomic E-state index is 0.0974. The van der Waals surface area contributed by atoms with E-state index in [9.17, 15) is 0 Å². The summed E-state index contributed by atoms with van der Waals surface area (Å²) in [6.45, 7) is 6.98. The minimum Gasteiger partial charge on any atom is -0.396 e. The first-order chi connectivity index (χ1) is 12.1. The smallest absolute Gasteiger partial charge is 0.0470 e. The molecule has 0 amide bonds. The van der Waals surface area contributed by atoms with Crippen LogP contribution in [0.5, 0.6) is 0 Å². The highest BCUT2D eigenvalue weighted by molar-refractivity contribution is 6.24. The lowest BCUT2D eigenvalue weighted by Gasteiger charge is -2.31. The molecule has 0 saturated heterocycles. The molecule has 0 aliphatic rings. The lowest BCUT2D eigenvalue weighted by Crippen LogP contribution is -2.28. The Morgan fingerprint density at radius 3 is 1.36 bits per heavy atom. The van der Waals surface area contributed by atoms with Gasteiger partial charge in [0.15, 0.2) is 0 Å². The van der Waals surface area contributed by atoms with Crippen molar-refractivity contribution in [3.05, 3.63) is 0 Å². The lowest BCUT2D eigenvalue weighted by molar-refractivity contribution is 0.258. The van der Waals surface area contributed by atoms with E-state index in [2.05, 4.69) is 20.8 Å². The van der Waals surface area contributed by atoms with E-state index in [1.165, 1.54) is 89.9 Å². The molecular formula is C23H47ClO. The van der Waals surface area contributed by atoms with Crippen LogP contribution in [0.15, 0.2) is 0 Å². The highest BCUT2D eigenvalue weighted by Crippen LogP contribution is 2.35. The van der Waals surface area contributed by atoms with Crippen molar-refractivity contribution in [1.82, 2.24) is 0 Å². The monoisotopic (exact) mass is 374 g/mol. The van der Waals surface area contributed by atoms with E-state index in [1.807, 2.05) is 0 Å². The van der Waals surface area contributed by atoms with Crippen molar-refractivity contribution < 1.29 is 5.11 Å². The summed E-state index contributed by atoms with van der Waals surface area (Å²) in [5.41, 5.74) is 0. The van der Waals surface area contributed by atoms with Crippen LogP contribution in [0.2, 0.25) is 0 Å². The Morgan fingerprint density at radius 1 is 0.640 bits per heavy atom. The molecule has 0 spiro atoms. The average Bonchev–Trinajstić information content (AvgIpc) is 2.60. The van der Waals surface area contributed by atoms with Gasteiger partial charge in [-0.2, -0.15) is 0 Å². The average molecular weight is 375 g/mol. The fourth-order valence-corrected chi connectivity index (χ4v) is 3.96. The molecule has 1 atom stereocenters. The van der Waals surface area contributed by atoms with Gasteiger partial charge in [-0.25, -0.2) is 0 Å². The van der Waals surface area contributed by atoms with Gasteiger partial charge in [0.05, 0.1) is 0 Å². The van der Waals surface area contributed by atoms with Gasteiger partial charge in [-0.15, -0.1) is 11.6 Å². The molecule has 0 radical (unpaired) electrons. The summed E-state index contributed by atoms with van der Waals surface area (Å²) in [5, 5.41) is 9.05. The second-order valence-electron chi connectivity index (χ2n) is 8.36. The second-order valence-corrected chi connectivity index (χ2v) is 9.12. The topological polar surface area (TPSA) is 20.2 Å². The molecule has 1 N–H and O–H groups in total. The predicted molar refractivity (Wildman–Crippen MR) is 115 cm³/mol. The van der Waals surface area contributed by atoms with Gasteiger partial charge in [0, 0.05) is 11.5 Å². The molecule has 1 unspecified atom stereocenters. The zero-order valence-corrected chi connectivity index (χ0v) is 18.4.